The SMILES string of the molecule is CN(C)Cc1ccc(CN[C@@H]2CCc3sc(Cl)cc32)cc1F. The van der Waals surface area contributed by atoms with Gasteiger partial charge in [-0.1, -0.05) is 23.7 Å². The number of hydrogen-bond donors (Lipinski definition) is 1. The summed E-state index contributed by atoms with van der Waals surface area (Å²) in [5.74, 6) is -0.126. The van der Waals surface area contributed by atoms with E-state index in [4.69, 9.17) is 11.6 Å². The molecule has 5 heteroatoms. The van der Waals surface area contributed by atoms with Crippen LogP contribution in [0.2, 0.25) is 4.34 Å². The molecular formula is C17H20ClFN2S. The lowest BCUT2D eigenvalue weighted by atomic mass is 10.1. The van der Waals surface area contributed by atoms with E-state index >= 15 is 0 Å². The summed E-state index contributed by atoms with van der Waals surface area (Å²) in [4.78, 5) is 3.35. The zero-order chi connectivity index (χ0) is 15.7. The molecule has 0 unspecified atom stereocenters. The van der Waals surface area contributed by atoms with Gasteiger partial charge in [0.25, 0.3) is 0 Å². The van der Waals surface area contributed by atoms with Gasteiger partial charge in [0.1, 0.15) is 5.82 Å². The van der Waals surface area contributed by atoms with Gasteiger partial charge >= 0.3 is 0 Å². The minimum absolute atomic E-state index is 0.126. The highest BCUT2D eigenvalue weighted by atomic mass is 35.5. The third kappa shape index (κ3) is 3.51. The fourth-order valence-corrected chi connectivity index (χ4v) is 4.31. The van der Waals surface area contributed by atoms with Crippen LogP contribution in [-0.2, 0) is 19.5 Å². The average Bonchev–Trinajstić information content (AvgIpc) is 2.98. The Bertz CT molecular complexity index is 669. The summed E-state index contributed by atoms with van der Waals surface area (Å²) in [6.07, 6.45) is 2.18. The second kappa shape index (κ2) is 6.67. The molecule has 2 aromatic rings. The lowest BCUT2D eigenvalue weighted by Crippen LogP contribution is -2.19. The molecule has 22 heavy (non-hydrogen) atoms. The first-order valence-electron chi connectivity index (χ1n) is 7.46. The van der Waals surface area contributed by atoms with E-state index in [1.807, 2.05) is 31.1 Å². The minimum atomic E-state index is -0.126. The molecule has 0 bridgehead atoms. The molecule has 3 rings (SSSR count). The minimum Gasteiger partial charge on any atom is -0.306 e. The van der Waals surface area contributed by atoms with Gasteiger partial charge in [-0.25, -0.2) is 4.39 Å². The Labute approximate surface area is 139 Å². The van der Waals surface area contributed by atoms with Gasteiger partial charge in [-0.2, -0.15) is 0 Å². The molecule has 2 nitrogen and oxygen atoms in total. The van der Waals surface area contributed by atoms with Gasteiger partial charge in [0.15, 0.2) is 0 Å². The molecular weight excluding hydrogens is 319 g/mol. The largest absolute Gasteiger partial charge is 0.306 e. The number of halogens is 2. The van der Waals surface area contributed by atoms with E-state index in [1.54, 1.807) is 17.4 Å². The molecule has 0 radical (unpaired) electrons. The molecule has 1 aliphatic carbocycles. The lowest BCUT2D eigenvalue weighted by molar-refractivity contribution is 0.392. The van der Waals surface area contributed by atoms with Gasteiger partial charge in [-0.05, 0) is 50.2 Å². The van der Waals surface area contributed by atoms with E-state index < -0.39 is 0 Å². The Morgan fingerprint density at radius 1 is 1.36 bits per heavy atom. The third-order valence-corrected chi connectivity index (χ3v) is 5.34. The summed E-state index contributed by atoms with van der Waals surface area (Å²) in [7, 11) is 3.89. The molecule has 1 N–H and O–H groups in total. The smallest absolute Gasteiger partial charge is 0.128 e. The van der Waals surface area contributed by atoms with Crippen molar-refractivity contribution in [3.8, 4) is 0 Å². The Hall–Kier alpha value is -0.940. The van der Waals surface area contributed by atoms with Crippen LogP contribution >= 0.6 is 22.9 Å². The quantitative estimate of drug-likeness (QED) is 0.870. The number of fused-ring (bicyclic) bond motifs is 1. The van der Waals surface area contributed by atoms with Crippen molar-refractivity contribution in [3.63, 3.8) is 0 Å². The van der Waals surface area contributed by atoms with E-state index in [0.29, 0.717) is 19.1 Å². The molecule has 1 heterocycles. The van der Waals surface area contributed by atoms with Crippen LogP contribution in [0, 0.1) is 5.82 Å². The highest BCUT2D eigenvalue weighted by Gasteiger charge is 2.24. The Morgan fingerprint density at radius 2 is 2.18 bits per heavy atom. The van der Waals surface area contributed by atoms with Crippen LogP contribution in [0.5, 0.6) is 0 Å². The number of aryl methyl sites for hydroxylation is 1. The van der Waals surface area contributed by atoms with Crippen molar-refractivity contribution >= 4 is 22.9 Å². The normalized spacial score (nSPS) is 17.2. The highest BCUT2D eigenvalue weighted by molar-refractivity contribution is 7.16. The van der Waals surface area contributed by atoms with E-state index in [2.05, 4.69) is 11.4 Å². The molecule has 118 valence electrons. The maximum atomic E-state index is 14.1. The number of hydrogen-bond acceptors (Lipinski definition) is 3. The second-order valence-corrected chi connectivity index (χ2v) is 7.83. The van der Waals surface area contributed by atoms with Crippen molar-refractivity contribution in [1.29, 1.82) is 0 Å². The number of rotatable bonds is 5. The van der Waals surface area contributed by atoms with Gasteiger partial charge in [0, 0.05) is 29.6 Å². The third-order valence-electron chi connectivity index (χ3n) is 4.00. The van der Waals surface area contributed by atoms with Crippen molar-refractivity contribution in [2.45, 2.75) is 32.0 Å². The number of benzene rings is 1. The van der Waals surface area contributed by atoms with Crippen LogP contribution < -0.4 is 5.32 Å². The Morgan fingerprint density at radius 3 is 2.91 bits per heavy atom. The number of nitrogens with zero attached hydrogens (tertiary/aromatic N) is 1. The van der Waals surface area contributed by atoms with Gasteiger partial charge < -0.3 is 10.2 Å². The highest BCUT2D eigenvalue weighted by Crippen LogP contribution is 2.39. The topological polar surface area (TPSA) is 15.3 Å². The standard InChI is InChI=1S/C17H20ClFN2S/c1-21(2)10-12-4-3-11(7-14(12)19)9-20-15-5-6-16-13(15)8-17(18)22-16/h3-4,7-8,15,20H,5-6,9-10H2,1-2H3/t15-/m1/s1. The fraction of sp³-hybridized carbons (Fsp3) is 0.412. The van der Waals surface area contributed by atoms with Crippen LogP contribution in [0.4, 0.5) is 4.39 Å². The summed E-state index contributed by atoms with van der Waals surface area (Å²) >= 11 is 7.75. The number of thiophene rings is 1. The first kappa shape index (κ1) is 15.9. The van der Waals surface area contributed by atoms with Crippen molar-refractivity contribution in [1.82, 2.24) is 10.2 Å². The monoisotopic (exact) mass is 338 g/mol. The predicted octanol–water partition coefficient (Wildman–Crippen LogP) is 4.38. The second-order valence-electron chi connectivity index (χ2n) is 6.06. The van der Waals surface area contributed by atoms with E-state index in [-0.39, 0.29) is 5.82 Å². The van der Waals surface area contributed by atoms with Crippen molar-refractivity contribution < 1.29 is 4.39 Å². The van der Waals surface area contributed by atoms with Crippen LogP contribution in [0.1, 0.15) is 34.0 Å². The van der Waals surface area contributed by atoms with Gasteiger partial charge in [0.2, 0.25) is 0 Å². The predicted molar refractivity (Wildman–Crippen MR) is 91.0 cm³/mol. The molecule has 0 spiro atoms. The van der Waals surface area contributed by atoms with Crippen molar-refractivity contribution in [2.75, 3.05) is 14.1 Å². The van der Waals surface area contributed by atoms with Crippen LogP contribution in [-0.4, -0.2) is 19.0 Å². The molecule has 0 saturated carbocycles. The first-order chi connectivity index (χ1) is 10.5. The fourth-order valence-electron chi connectivity index (χ4n) is 2.95. The van der Waals surface area contributed by atoms with Crippen molar-refractivity contribution in [3.05, 3.63) is 56.0 Å². The van der Waals surface area contributed by atoms with E-state index in [0.717, 1.165) is 28.3 Å². The Balaban J connectivity index is 1.64. The summed E-state index contributed by atoms with van der Waals surface area (Å²) in [6, 6.07) is 7.93. The van der Waals surface area contributed by atoms with E-state index in [9.17, 15) is 4.39 Å². The zero-order valence-corrected chi connectivity index (χ0v) is 14.4. The summed E-state index contributed by atoms with van der Waals surface area (Å²) in [6.45, 7) is 1.30. The van der Waals surface area contributed by atoms with Crippen LogP contribution in [0.3, 0.4) is 0 Å². The zero-order valence-electron chi connectivity index (χ0n) is 12.8. The molecule has 1 aromatic heterocycles. The maximum absolute atomic E-state index is 14.1. The molecule has 0 amide bonds. The van der Waals surface area contributed by atoms with Gasteiger partial charge in [0.05, 0.1) is 4.34 Å². The van der Waals surface area contributed by atoms with Gasteiger partial charge in [-0.3, -0.25) is 0 Å². The van der Waals surface area contributed by atoms with Gasteiger partial charge in [-0.15, -0.1) is 11.3 Å². The molecule has 0 fully saturated rings. The summed E-state index contributed by atoms with van der Waals surface area (Å²) in [5, 5.41) is 3.53. The molecule has 0 saturated heterocycles. The van der Waals surface area contributed by atoms with Crippen LogP contribution in [0.15, 0.2) is 24.3 Å². The maximum Gasteiger partial charge on any atom is 0.128 e. The average molecular weight is 339 g/mol. The van der Waals surface area contributed by atoms with Crippen molar-refractivity contribution in [2.24, 2.45) is 0 Å². The summed E-state index contributed by atoms with van der Waals surface area (Å²) in [5.41, 5.74) is 3.04. The first-order valence-corrected chi connectivity index (χ1v) is 8.66. The molecule has 1 aliphatic rings. The molecule has 1 atom stereocenters. The van der Waals surface area contributed by atoms with Crippen LogP contribution in [0.25, 0.3) is 0 Å². The summed E-state index contributed by atoms with van der Waals surface area (Å²) < 4.78 is 14.9. The molecule has 1 aromatic carbocycles. The molecule has 0 aliphatic heterocycles. The van der Waals surface area contributed by atoms with E-state index in [1.165, 1.54) is 10.4 Å². The lowest BCUT2D eigenvalue weighted by Gasteiger charge is -2.14. The Kier molecular flexibility index (Phi) is 4.83. The number of nitrogens with one attached hydrogen (secondary N) is 1.